The first kappa shape index (κ1) is 19.2. The van der Waals surface area contributed by atoms with E-state index in [-0.39, 0.29) is 36.4 Å². The number of benzene rings is 1. The predicted octanol–water partition coefficient (Wildman–Crippen LogP) is 0.722. The van der Waals surface area contributed by atoms with Crippen LogP contribution in [0.4, 0.5) is 0 Å². The third kappa shape index (κ3) is 6.74. The fraction of sp³-hybridized carbons (Fsp3) is 0.529. The highest BCUT2D eigenvalue weighted by Crippen LogP contribution is 2.21. The zero-order chi connectivity index (χ0) is 18.3. The second-order valence-electron chi connectivity index (χ2n) is 6.08. The lowest BCUT2D eigenvalue weighted by Gasteiger charge is -2.09. The molecule has 25 heavy (non-hydrogen) atoms. The van der Waals surface area contributed by atoms with Crippen LogP contribution < -0.4 is 10.1 Å². The molecule has 1 atom stereocenters. The number of sulfone groups is 1. The van der Waals surface area contributed by atoms with Gasteiger partial charge in [-0.2, -0.15) is 0 Å². The van der Waals surface area contributed by atoms with Gasteiger partial charge in [-0.1, -0.05) is 12.1 Å². The van der Waals surface area contributed by atoms with Gasteiger partial charge in [0.25, 0.3) is 5.91 Å². The summed E-state index contributed by atoms with van der Waals surface area (Å²) in [5.74, 6) is -0.189. The molecule has 1 aliphatic heterocycles. The number of nitrogens with one attached hydrogen (secondary N) is 1. The van der Waals surface area contributed by atoms with Crippen LogP contribution >= 0.6 is 0 Å². The van der Waals surface area contributed by atoms with Crippen molar-refractivity contribution in [1.82, 2.24) is 5.32 Å². The van der Waals surface area contributed by atoms with E-state index in [4.69, 9.17) is 9.47 Å². The molecule has 1 amide bonds. The first-order chi connectivity index (χ1) is 11.9. The van der Waals surface area contributed by atoms with Gasteiger partial charge >= 0.3 is 5.97 Å². The highest BCUT2D eigenvalue weighted by atomic mass is 32.2. The average molecular weight is 369 g/mol. The quantitative estimate of drug-likeness (QED) is 0.678. The maximum atomic E-state index is 11.7. The summed E-state index contributed by atoms with van der Waals surface area (Å²) in [6, 6.07) is 7.53. The van der Waals surface area contributed by atoms with Crippen LogP contribution in [0.2, 0.25) is 0 Å². The van der Waals surface area contributed by atoms with Gasteiger partial charge in [0, 0.05) is 13.0 Å². The van der Waals surface area contributed by atoms with Crippen molar-refractivity contribution in [1.29, 1.82) is 0 Å². The Morgan fingerprint density at radius 1 is 1.24 bits per heavy atom. The molecule has 138 valence electrons. The predicted molar refractivity (Wildman–Crippen MR) is 92.0 cm³/mol. The molecule has 2 rings (SSSR count). The van der Waals surface area contributed by atoms with E-state index in [1.165, 1.54) is 0 Å². The molecular weight excluding hydrogens is 346 g/mol. The molecule has 0 saturated carbocycles. The van der Waals surface area contributed by atoms with Crippen LogP contribution in [-0.4, -0.2) is 52.1 Å². The van der Waals surface area contributed by atoms with Crippen LogP contribution in [0, 0.1) is 5.92 Å². The van der Waals surface area contributed by atoms with Crippen molar-refractivity contribution in [3.63, 3.8) is 0 Å². The Morgan fingerprint density at radius 2 is 1.96 bits per heavy atom. The summed E-state index contributed by atoms with van der Waals surface area (Å²) in [4.78, 5) is 23.3. The first-order valence-electron chi connectivity index (χ1n) is 8.13. The average Bonchev–Trinajstić information content (AvgIpc) is 2.92. The minimum Gasteiger partial charge on any atom is -0.497 e. The number of carbonyl (C=O) groups is 2. The second kappa shape index (κ2) is 8.84. The molecule has 0 bridgehead atoms. The third-order valence-electron chi connectivity index (χ3n) is 4.04. The standard InChI is InChI=1S/C17H23NO6S/c1-23-15-4-2-13(3-5-15)6-8-18-16(19)11-24-17(20)10-14-7-9-25(21,22)12-14/h2-5,14H,6-12H2,1H3,(H,18,19)/t14-/m0/s1. The lowest BCUT2D eigenvalue weighted by Crippen LogP contribution is -2.30. The van der Waals surface area contributed by atoms with Gasteiger partial charge in [0.1, 0.15) is 5.75 Å². The lowest BCUT2D eigenvalue weighted by molar-refractivity contribution is -0.149. The van der Waals surface area contributed by atoms with Crippen LogP contribution in [0.1, 0.15) is 18.4 Å². The van der Waals surface area contributed by atoms with Crippen molar-refractivity contribution in [2.24, 2.45) is 5.92 Å². The highest BCUT2D eigenvalue weighted by molar-refractivity contribution is 7.91. The molecule has 0 unspecified atom stereocenters. The van der Waals surface area contributed by atoms with Crippen LogP contribution in [0.15, 0.2) is 24.3 Å². The topological polar surface area (TPSA) is 98.8 Å². The lowest BCUT2D eigenvalue weighted by atomic mass is 10.1. The Balaban J connectivity index is 1.61. The summed E-state index contributed by atoms with van der Waals surface area (Å²) in [6.45, 7) is 0.0878. The van der Waals surface area contributed by atoms with Crippen molar-refractivity contribution < 1.29 is 27.5 Å². The Labute approximate surface area is 147 Å². The minimum atomic E-state index is -3.01. The number of methoxy groups -OCH3 is 1. The molecule has 1 aromatic carbocycles. The van der Waals surface area contributed by atoms with E-state index in [0.717, 1.165) is 11.3 Å². The minimum absolute atomic E-state index is 0.0240. The van der Waals surface area contributed by atoms with Crippen LogP contribution in [0.3, 0.4) is 0 Å². The van der Waals surface area contributed by atoms with Gasteiger partial charge in [0.15, 0.2) is 16.4 Å². The fourth-order valence-electron chi connectivity index (χ4n) is 2.66. The molecule has 1 N–H and O–H groups in total. The van der Waals surface area contributed by atoms with Crippen molar-refractivity contribution in [3.05, 3.63) is 29.8 Å². The summed E-state index contributed by atoms with van der Waals surface area (Å²) < 4.78 is 32.7. The summed E-state index contributed by atoms with van der Waals surface area (Å²) in [5, 5.41) is 2.68. The Kier molecular flexibility index (Phi) is 6.81. The molecule has 0 radical (unpaired) electrons. The van der Waals surface area contributed by atoms with Gasteiger partial charge in [0.05, 0.1) is 18.6 Å². The first-order valence-corrected chi connectivity index (χ1v) is 9.96. The SMILES string of the molecule is COc1ccc(CCNC(=O)COC(=O)C[C@@H]2CCS(=O)(=O)C2)cc1. The summed E-state index contributed by atoms with van der Waals surface area (Å²) in [5.41, 5.74) is 1.06. The van der Waals surface area contributed by atoms with E-state index in [0.29, 0.717) is 19.4 Å². The number of hydrogen-bond acceptors (Lipinski definition) is 6. The maximum absolute atomic E-state index is 11.7. The molecule has 0 aliphatic carbocycles. The Hall–Kier alpha value is -2.09. The van der Waals surface area contributed by atoms with E-state index in [2.05, 4.69) is 5.32 Å². The summed E-state index contributed by atoms with van der Waals surface area (Å²) in [6.07, 6.45) is 1.17. The smallest absolute Gasteiger partial charge is 0.306 e. The molecular formula is C17H23NO6S. The summed E-state index contributed by atoms with van der Waals surface area (Å²) in [7, 11) is -1.41. The molecule has 0 aromatic heterocycles. The number of esters is 1. The van der Waals surface area contributed by atoms with Crippen LogP contribution in [0.25, 0.3) is 0 Å². The van der Waals surface area contributed by atoms with Crippen molar-refractivity contribution in [3.8, 4) is 5.75 Å². The number of hydrogen-bond donors (Lipinski definition) is 1. The van der Waals surface area contributed by atoms with E-state index < -0.39 is 15.8 Å². The molecule has 7 nitrogen and oxygen atoms in total. The Morgan fingerprint density at radius 3 is 2.56 bits per heavy atom. The van der Waals surface area contributed by atoms with E-state index in [1.807, 2.05) is 24.3 Å². The highest BCUT2D eigenvalue weighted by Gasteiger charge is 2.29. The molecule has 8 heteroatoms. The molecule has 1 heterocycles. The third-order valence-corrected chi connectivity index (χ3v) is 5.88. The fourth-order valence-corrected chi connectivity index (χ4v) is 4.53. The number of rotatable bonds is 8. The van der Waals surface area contributed by atoms with Gasteiger partial charge in [-0.15, -0.1) is 0 Å². The molecule has 1 fully saturated rings. The maximum Gasteiger partial charge on any atom is 0.306 e. The number of ether oxygens (including phenoxy) is 2. The van der Waals surface area contributed by atoms with Crippen LogP contribution in [-0.2, 0) is 30.6 Å². The molecule has 1 saturated heterocycles. The van der Waals surface area contributed by atoms with Crippen LogP contribution in [0.5, 0.6) is 5.75 Å². The molecule has 1 aliphatic rings. The second-order valence-corrected chi connectivity index (χ2v) is 8.31. The van der Waals surface area contributed by atoms with Gasteiger partial charge in [0.2, 0.25) is 0 Å². The zero-order valence-corrected chi connectivity index (χ0v) is 15.0. The largest absolute Gasteiger partial charge is 0.497 e. The number of carbonyl (C=O) groups excluding carboxylic acids is 2. The van der Waals surface area contributed by atoms with Crippen molar-refractivity contribution in [2.75, 3.05) is 31.8 Å². The van der Waals surface area contributed by atoms with E-state index in [9.17, 15) is 18.0 Å². The zero-order valence-electron chi connectivity index (χ0n) is 14.2. The summed E-state index contributed by atoms with van der Waals surface area (Å²) >= 11 is 0. The van der Waals surface area contributed by atoms with Gasteiger partial charge < -0.3 is 14.8 Å². The van der Waals surface area contributed by atoms with Crippen molar-refractivity contribution >= 4 is 21.7 Å². The van der Waals surface area contributed by atoms with Crippen molar-refractivity contribution in [2.45, 2.75) is 19.3 Å². The number of amides is 1. The monoisotopic (exact) mass is 369 g/mol. The molecule has 1 aromatic rings. The molecule has 0 spiro atoms. The van der Waals surface area contributed by atoms with E-state index in [1.54, 1.807) is 7.11 Å². The van der Waals surface area contributed by atoms with E-state index >= 15 is 0 Å². The Bertz CT molecular complexity index is 698. The van der Waals surface area contributed by atoms with Gasteiger partial charge in [-0.05, 0) is 36.5 Å². The van der Waals surface area contributed by atoms with Gasteiger partial charge in [-0.25, -0.2) is 8.42 Å². The normalized spacial score (nSPS) is 18.5. The van der Waals surface area contributed by atoms with Gasteiger partial charge in [-0.3, -0.25) is 9.59 Å².